The third-order valence-corrected chi connectivity index (χ3v) is 5.30. The van der Waals surface area contributed by atoms with Crippen molar-refractivity contribution >= 4 is 23.7 Å². The molecule has 2 aromatic heterocycles. The maximum absolute atomic E-state index is 4.67. The maximum atomic E-state index is 4.67. The van der Waals surface area contributed by atoms with Gasteiger partial charge in [-0.2, -0.15) is 16.4 Å². The molecular formula is C19H22ClN3S. The van der Waals surface area contributed by atoms with E-state index in [1.807, 2.05) is 0 Å². The summed E-state index contributed by atoms with van der Waals surface area (Å²) in [6.07, 6.45) is 5.64. The zero-order valence-electron chi connectivity index (χ0n) is 13.5. The Labute approximate surface area is 153 Å². The Kier molecular flexibility index (Phi) is 5.72. The summed E-state index contributed by atoms with van der Waals surface area (Å²) in [4.78, 5) is 0. The number of aromatic nitrogens is 2. The molecule has 2 heterocycles. The zero-order valence-corrected chi connectivity index (χ0v) is 15.2. The van der Waals surface area contributed by atoms with Gasteiger partial charge >= 0.3 is 0 Å². The summed E-state index contributed by atoms with van der Waals surface area (Å²) in [5.74, 6) is 0. The predicted molar refractivity (Wildman–Crippen MR) is 102 cm³/mol. The second-order valence-electron chi connectivity index (χ2n) is 6.15. The van der Waals surface area contributed by atoms with Gasteiger partial charge in [0.25, 0.3) is 0 Å². The number of thiophene rings is 1. The minimum Gasteiger partial charge on any atom is -0.306 e. The smallest absolute Gasteiger partial charge is 0.0662 e. The van der Waals surface area contributed by atoms with Crippen LogP contribution in [-0.4, -0.2) is 9.78 Å². The maximum Gasteiger partial charge on any atom is 0.0662 e. The number of benzene rings is 1. The summed E-state index contributed by atoms with van der Waals surface area (Å²) in [7, 11) is 0. The van der Waals surface area contributed by atoms with Crippen molar-refractivity contribution < 1.29 is 0 Å². The molecule has 0 saturated carbocycles. The van der Waals surface area contributed by atoms with Crippen LogP contribution < -0.4 is 5.32 Å². The number of nitrogens with zero attached hydrogens (tertiary/aromatic N) is 2. The molecule has 1 aliphatic rings. The minimum atomic E-state index is 0. The second-order valence-corrected chi connectivity index (χ2v) is 6.93. The fraction of sp³-hybridized carbons (Fsp3) is 0.316. The van der Waals surface area contributed by atoms with Crippen molar-refractivity contribution in [1.82, 2.24) is 15.1 Å². The number of hydrogen-bond acceptors (Lipinski definition) is 3. The highest BCUT2D eigenvalue weighted by Crippen LogP contribution is 2.30. The fourth-order valence-electron chi connectivity index (χ4n) is 3.36. The van der Waals surface area contributed by atoms with Gasteiger partial charge in [-0.05, 0) is 47.2 Å². The van der Waals surface area contributed by atoms with E-state index < -0.39 is 0 Å². The Hall–Kier alpha value is -1.62. The van der Waals surface area contributed by atoms with Crippen LogP contribution in [0.1, 0.15) is 41.3 Å². The number of fused-ring (bicyclic) bond motifs is 1. The molecule has 3 aromatic rings. The van der Waals surface area contributed by atoms with Gasteiger partial charge < -0.3 is 5.32 Å². The molecule has 126 valence electrons. The third-order valence-electron chi connectivity index (χ3n) is 4.57. The highest BCUT2D eigenvalue weighted by molar-refractivity contribution is 7.07. The van der Waals surface area contributed by atoms with E-state index in [0.717, 1.165) is 19.5 Å². The van der Waals surface area contributed by atoms with E-state index in [9.17, 15) is 0 Å². The van der Waals surface area contributed by atoms with Crippen LogP contribution in [0.25, 0.3) is 0 Å². The first-order valence-electron chi connectivity index (χ1n) is 8.23. The molecule has 0 amide bonds. The second kappa shape index (κ2) is 7.97. The van der Waals surface area contributed by atoms with Crippen molar-refractivity contribution in [2.24, 2.45) is 0 Å². The minimum absolute atomic E-state index is 0. The summed E-state index contributed by atoms with van der Waals surface area (Å²) in [6, 6.07) is 13.2. The zero-order chi connectivity index (χ0) is 15.5. The van der Waals surface area contributed by atoms with Crippen LogP contribution in [0.2, 0.25) is 0 Å². The van der Waals surface area contributed by atoms with Gasteiger partial charge in [0.2, 0.25) is 0 Å². The highest BCUT2D eigenvalue weighted by atomic mass is 35.5. The summed E-state index contributed by atoms with van der Waals surface area (Å²) in [5.41, 5.74) is 5.48. The topological polar surface area (TPSA) is 29.9 Å². The first-order valence-corrected chi connectivity index (χ1v) is 9.17. The van der Waals surface area contributed by atoms with Gasteiger partial charge in [0.05, 0.1) is 12.7 Å². The van der Waals surface area contributed by atoms with Crippen LogP contribution in [-0.2, 0) is 19.5 Å². The van der Waals surface area contributed by atoms with Crippen molar-refractivity contribution in [3.63, 3.8) is 0 Å². The van der Waals surface area contributed by atoms with E-state index in [1.165, 1.54) is 35.2 Å². The summed E-state index contributed by atoms with van der Waals surface area (Å²) < 4.78 is 2.18. The summed E-state index contributed by atoms with van der Waals surface area (Å²) in [6.45, 7) is 1.81. The predicted octanol–water partition coefficient (Wildman–Crippen LogP) is 4.58. The molecule has 1 aliphatic carbocycles. The molecule has 0 spiro atoms. The molecule has 5 heteroatoms. The first kappa shape index (κ1) is 17.2. The molecular weight excluding hydrogens is 338 g/mol. The van der Waals surface area contributed by atoms with Gasteiger partial charge in [0.15, 0.2) is 0 Å². The van der Waals surface area contributed by atoms with Crippen LogP contribution in [0.5, 0.6) is 0 Å². The first-order chi connectivity index (χ1) is 11.4. The van der Waals surface area contributed by atoms with E-state index in [4.69, 9.17) is 0 Å². The molecule has 1 N–H and O–H groups in total. The molecule has 4 rings (SSSR count). The number of halogens is 1. The molecule has 1 unspecified atom stereocenters. The molecule has 1 aromatic carbocycles. The van der Waals surface area contributed by atoms with Gasteiger partial charge in [-0.3, -0.25) is 4.68 Å². The quantitative estimate of drug-likeness (QED) is 0.722. The monoisotopic (exact) mass is 359 g/mol. The Balaban J connectivity index is 0.00000169. The lowest BCUT2D eigenvalue weighted by Gasteiger charge is -2.24. The van der Waals surface area contributed by atoms with Crippen LogP contribution >= 0.6 is 23.7 Å². The van der Waals surface area contributed by atoms with Crippen LogP contribution in [0.4, 0.5) is 0 Å². The van der Waals surface area contributed by atoms with E-state index >= 15 is 0 Å². The SMILES string of the molecule is Cl.c1ccc(Cn2ncc3c2CCCC3NCc2ccsc2)cc1. The Bertz CT molecular complexity index is 752. The highest BCUT2D eigenvalue weighted by Gasteiger charge is 2.23. The van der Waals surface area contributed by atoms with Crippen molar-refractivity contribution in [2.45, 2.75) is 38.4 Å². The number of nitrogens with one attached hydrogen (secondary N) is 1. The largest absolute Gasteiger partial charge is 0.306 e. The average molecular weight is 360 g/mol. The van der Waals surface area contributed by atoms with E-state index in [0.29, 0.717) is 6.04 Å². The molecule has 0 radical (unpaired) electrons. The van der Waals surface area contributed by atoms with Gasteiger partial charge in [0.1, 0.15) is 0 Å². The van der Waals surface area contributed by atoms with Crippen molar-refractivity contribution in [3.8, 4) is 0 Å². The molecule has 24 heavy (non-hydrogen) atoms. The van der Waals surface area contributed by atoms with E-state index in [-0.39, 0.29) is 12.4 Å². The lowest BCUT2D eigenvalue weighted by molar-refractivity contribution is 0.449. The average Bonchev–Trinajstić information content (AvgIpc) is 3.24. The van der Waals surface area contributed by atoms with Gasteiger partial charge in [-0.25, -0.2) is 0 Å². The van der Waals surface area contributed by atoms with Gasteiger partial charge in [-0.15, -0.1) is 12.4 Å². The van der Waals surface area contributed by atoms with Crippen molar-refractivity contribution in [3.05, 3.63) is 75.7 Å². The van der Waals surface area contributed by atoms with E-state index in [1.54, 1.807) is 11.3 Å². The number of hydrogen-bond donors (Lipinski definition) is 1. The lowest BCUT2D eigenvalue weighted by Crippen LogP contribution is -2.25. The summed E-state index contributed by atoms with van der Waals surface area (Å²) >= 11 is 1.76. The Morgan fingerprint density at radius 3 is 2.83 bits per heavy atom. The van der Waals surface area contributed by atoms with Gasteiger partial charge in [0, 0.05) is 23.8 Å². The lowest BCUT2D eigenvalue weighted by atomic mass is 9.93. The normalized spacial score (nSPS) is 16.4. The van der Waals surface area contributed by atoms with Crippen LogP contribution in [0.3, 0.4) is 0 Å². The molecule has 0 bridgehead atoms. The van der Waals surface area contributed by atoms with Crippen LogP contribution in [0, 0.1) is 0 Å². The summed E-state index contributed by atoms with van der Waals surface area (Å²) in [5, 5.41) is 12.7. The Morgan fingerprint density at radius 2 is 2.04 bits per heavy atom. The molecule has 1 atom stereocenters. The third kappa shape index (κ3) is 3.72. The van der Waals surface area contributed by atoms with E-state index in [2.05, 4.69) is 68.5 Å². The van der Waals surface area contributed by atoms with Crippen molar-refractivity contribution in [2.75, 3.05) is 0 Å². The molecule has 0 aliphatic heterocycles. The molecule has 0 saturated heterocycles. The van der Waals surface area contributed by atoms with Crippen molar-refractivity contribution in [1.29, 1.82) is 0 Å². The number of rotatable bonds is 5. The van der Waals surface area contributed by atoms with Gasteiger partial charge in [-0.1, -0.05) is 30.3 Å². The molecule has 0 fully saturated rings. The fourth-order valence-corrected chi connectivity index (χ4v) is 4.03. The standard InChI is InChI=1S/C19H21N3S.ClH/c1-2-5-15(6-3-1)13-22-19-8-4-7-18(17(19)12-21-22)20-11-16-9-10-23-14-16;/h1-3,5-6,9-10,12,14,18,20H,4,7-8,11,13H2;1H. The molecule has 3 nitrogen and oxygen atoms in total. The Morgan fingerprint density at radius 1 is 1.17 bits per heavy atom. The van der Waals surface area contributed by atoms with Crippen LogP contribution in [0.15, 0.2) is 53.4 Å².